The van der Waals surface area contributed by atoms with Crippen LogP contribution in [0, 0.1) is 0 Å². The molecule has 0 aromatic heterocycles. The first kappa shape index (κ1) is 9.44. The van der Waals surface area contributed by atoms with Gasteiger partial charge in [0.05, 0.1) is 18.8 Å². The van der Waals surface area contributed by atoms with Crippen LogP contribution < -0.4 is 5.32 Å². The van der Waals surface area contributed by atoms with Gasteiger partial charge in [0.15, 0.2) is 0 Å². The minimum atomic E-state index is 0.282. The van der Waals surface area contributed by atoms with Crippen LogP contribution in [0.15, 0.2) is 0 Å². The highest BCUT2D eigenvalue weighted by Crippen LogP contribution is 2.25. The molecule has 1 heterocycles. The zero-order chi connectivity index (χ0) is 9.10. The lowest BCUT2D eigenvalue weighted by atomic mass is 9.95. The van der Waals surface area contributed by atoms with Gasteiger partial charge in [-0.25, -0.2) is 0 Å². The van der Waals surface area contributed by atoms with E-state index < -0.39 is 0 Å². The van der Waals surface area contributed by atoms with Gasteiger partial charge < -0.3 is 14.8 Å². The summed E-state index contributed by atoms with van der Waals surface area (Å²) in [5.41, 5.74) is 0. The zero-order valence-electron chi connectivity index (χ0n) is 8.29. The number of hydrogen-bond donors (Lipinski definition) is 1. The van der Waals surface area contributed by atoms with E-state index >= 15 is 0 Å². The summed E-state index contributed by atoms with van der Waals surface area (Å²) in [6.07, 6.45) is 5.70. The highest BCUT2D eigenvalue weighted by molar-refractivity contribution is 4.82. The molecule has 3 nitrogen and oxygen atoms in total. The molecule has 2 atom stereocenters. The Kier molecular flexibility index (Phi) is 3.19. The first-order valence-corrected chi connectivity index (χ1v) is 5.30. The summed E-state index contributed by atoms with van der Waals surface area (Å²) in [5, 5.41) is 3.30. The second-order valence-corrected chi connectivity index (χ2v) is 3.99. The molecule has 1 aliphatic heterocycles. The summed E-state index contributed by atoms with van der Waals surface area (Å²) in [6.45, 7) is 1.64. The Labute approximate surface area is 79.8 Å². The average molecular weight is 185 g/mol. The van der Waals surface area contributed by atoms with Gasteiger partial charge in [0, 0.05) is 12.6 Å². The number of ether oxygens (including phenoxy) is 2. The molecule has 3 heteroatoms. The molecule has 0 bridgehead atoms. The number of hydrogen-bond acceptors (Lipinski definition) is 3. The van der Waals surface area contributed by atoms with Crippen LogP contribution in [0.5, 0.6) is 0 Å². The van der Waals surface area contributed by atoms with Crippen LogP contribution >= 0.6 is 0 Å². The van der Waals surface area contributed by atoms with Crippen molar-refractivity contribution in [2.75, 3.05) is 20.3 Å². The van der Waals surface area contributed by atoms with Crippen LogP contribution in [0.1, 0.15) is 25.7 Å². The lowest BCUT2D eigenvalue weighted by molar-refractivity contribution is -0.118. The van der Waals surface area contributed by atoms with E-state index in [1.807, 2.05) is 7.05 Å². The maximum atomic E-state index is 5.94. The Morgan fingerprint density at radius 3 is 2.77 bits per heavy atom. The van der Waals surface area contributed by atoms with Crippen molar-refractivity contribution in [2.24, 2.45) is 0 Å². The number of nitrogens with one attached hydrogen (secondary N) is 1. The van der Waals surface area contributed by atoms with Crippen molar-refractivity contribution in [1.29, 1.82) is 0 Å². The Hall–Kier alpha value is -0.120. The van der Waals surface area contributed by atoms with Crippen molar-refractivity contribution >= 4 is 0 Å². The molecule has 1 saturated carbocycles. The van der Waals surface area contributed by atoms with Gasteiger partial charge in [0.1, 0.15) is 0 Å². The normalized spacial score (nSPS) is 35.8. The molecular weight excluding hydrogens is 166 g/mol. The summed E-state index contributed by atoms with van der Waals surface area (Å²) in [4.78, 5) is 0. The molecule has 2 fully saturated rings. The molecule has 1 aliphatic carbocycles. The number of likely N-dealkylation sites (N-methyl/N-ethyl adjacent to an activating group) is 1. The predicted octanol–water partition coefficient (Wildman–Crippen LogP) is 0.932. The summed E-state index contributed by atoms with van der Waals surface area (Å²) in [7, 11) is 2.01. The van der Waals surface area contributed by atoms with E-state index in [4.69, 9.17) is 9.47 Å². The van der Waals surface area contributed by atoms with Crippen molar-refractivity contribution in [2.45, 2.75) is 43.9 Å². The van der Waals surface area contributed by atoms with Gasteiger partial charge in [-0.3, -0.25) is 0 Å². The quantitative estimate of drug-likeness (QED) is 0.709. The molecule has 0 radical (unpaired) electrons. The van der Waals surface area contributed by atoms with Crippen LogP contribution in [0.2, 0.25) is 0 Å². The van der Waals surface area contributed by atoms with Crippen molar-refractivity contribution in [3.05, 3.63) is 0 Å². The van der Waals surface area contributed by atoms with Crippen LogP contribution in [-0.4, -0.2) is 38.5 Å². The number of rotatable bonds is 3. The van der Waals surface area contributed by atoms with Gasteiger partial charge in [-0.1, -0.05) is 0 Å². The fourth-order valence-electron chi connectivity index (χ4n) is 1.93. The maximum Gasteiger partial charge on any atom is 0.0965 e. The molecule has 0 aromatic carbocycles. The summed E-state index contributed by atoms with van der Waals surface area (Å²) in [6, 6.07) is 0.495. The summed E-state index contributed by atoms with van der Waals surface area (Å²) < 4.78 is 11.4. The maximum absolute atomic E-state index is 5.94. The molecular formula is C10H19NO2. The monoisotopic (exact) mass is 185 g/mol. The van der Waals surface area contributed by atoms with Crippen LogP contribution in [0.4, 0.5) is 0 Å². The molecule has 0 spiro atoms. The molecule has 1 N–H and O–H groups in total. The lowest BCUT2D eigenvalue weighted by Gasteiger charge is -2.36. The van der Waals surface area contributed by atoms with E-state index in [0.29, 0.717) is 12.1 Å². The second kappa shape index (κ2) is 4.40. The Morgan fingerprint density at radius 2 is 2.15 bits per heavy atom. The van der Waals surface area contributed by atoms with Crippen molar-refractivity contribution in [3.63, 3.8) is 0 Å². The van der Waals surface area contributed by atoms with Crippen LogP contribution in [0.3, 0.4) is 0 Å². The summed E-state index contributed by atoms with van der Waals surface area (Å²) in [5.74, 6) is 0. The topological polar surface area (TPSA) is 30.5 Å². The van der Waals surface area contributed by atoms with Crippen LogP contribution in [0.25, 0.3) is 0 Å². The Bertz CT molecular complexity index is 159. The third-order valence-corrected chi connectivity index (χ3v) is 3.09. The Morgan fingerprint density at radius 1 is 1.31 bits per heavy atom. The van der Waals surface area contributed by atoms with Crippen molar-refractivity contribution in [3.8, 4) is 0 Å². The van der Waals surface area contributed by atoms with E-state index in [0.717, 1.165) is 19.6 Å². The van der Waals surface area contributed by atoms with Gasteiger partial charge in [-0.05, 0) is 32.7 Å². The second-order valence-electron chi connectivity index (χ2n) is 3.99. The van der Waals surface area contributed by atoms with E-state index in [-0.39, 0.29) is 6.10 Å². The van der Waals surface area contributed by atoms with Gasteiger partial charge in [-0.2, -0.15) is 0 Å². The van der Waals surface area contributed by atoms with E-state index in [1.54, 1.807) is 0 Å². The standard InChI is InChI=1S/C10H19NO2/c1-11-9-5-6-12-7-10(9)13-8-3-2-4-8/h8-11H,2-7H2,1H3. The third-order valence-electron chi connectivity index (χ3n) is 3.09. The van der Waals surface area contributed by atoms with Gasteiger partial charge in [-0.15, -0.1) is 0 Å². The predicted molar refractivity (Wildman–Crippen MR) is 50.8 cm³/mol. The first-order valence-electron chi connectivity index (χ1n) is 5.30. The average Bonchev–Trinajstić information content (AvgIpc) is 2.12. The molecule has 2 aliphatic rings. The van der Waals surface area contributed by atoms with Crippen LogP contribution in [-0.2, 0) is 9.47 Å². The first-order chi connectivity index (χ1) is 6.40. The zero-order valence-corrected chi connectivity index (χ0v) is 8.29. The van der Waals surface area contributed by atoms with Gasteiger partial charge in [0.2, 0.25) is 0 Å². The fourth-order valence-corrected chi connectivity index (χ4v) is 1.93. The SMILES string of the molecule is CNC1CCOCC1OC1CCC1. The molecule has 0 amide bonds. The molecule has 76 valence electrons. The minimum absolute atomic E-state index is 0.282. The van der Waals surface area contributed by atoms with Crippen molar-refractivity contribution in [1.82, 2.24) is 5.32 Å². The molecule has 2 rings (SSSR count). The third kappa shape index (κ3) is 2.22. The molecule has 13 heavy (non-hydrogen) atoms. The fraction of sp³-hybridized carbons (Fsp3) is 1.00. The molecule has 2 unspecified atom stereocenters. The highest BCUT2D eigenvalue weighted by Gasteiger charge is 2.29. The largest absolute Gasteiger partial charge is 0.379 e. The Balaban J connectivity index is 1.79. The van der Waals surface area contributed by atoms with E-state index in [1.165, 1.54) is 19.3 Å². The smallest absolute Gasteiger partial charge is 0.0965 e. The molecule has 1 saturated heterocycles. The van der Waals surface area contributed by atoms with Crippen molar-refractivity contribution < 1.29 is 9.47 Å². The highest BCUT2D eigenvalue weighted by atomic mass is 16.5. The van der Waals surface area contributed by atoms with E-state index in [9.17, 15) is 0 Å². The van der Waals surface area contributed by atoms with E-state index in [2.05, 4.69) is 5.32 Å². The lowest BCUT2D eigenvalue weighted by Crippen LogP contribution is -2.48. The van der Waals surface area contributed by atoms with Gasteiger partial charge in [0.25, 0.3) is 0 Å². The molecule has 0 aromatic rings. The minimum Gasteiger partial charge on any atom is -0.379 e. The summed E-state index contributed by atoms with van der Waals surface area (Å²) >= 11 is 0. The van der Waals surface area contributed by atoms with Gasteiger partial charge >= 0.3 is 0 Å².